The molecule has 0 bridgehead atoms. The molecule has 7 heteroatoms. The fraction of sp³-hybridized carbons (Fsp3) is 0.500. The van der Waals surface area contributed by atoms with Crippen LogP contribution >= 0.6 is 0 Å². The van der Waals surface area contributed by atoms with Crippen molar-refractivity contribution in [3.8, 4) is 0 Å². The van der Waals surface area contributed by atoms with Crippen LogP contribution in [0.25, 0.3) is 0 Å². The highest BCUT2D eigenvalue weighted by Crippen LogP contribution is 2.36. The van der Waals surface area contributed by atoms with E-state index in [0.29, 0.717) is 24.5 Å². The van der Waals surface area contributed by atoms with Crippen molar-refractivity contribution < 1.29 is 14.3 Å². The highest BCUT2D eigenvalue weighted by atomic mass is 16.6. The minimum Gasteiger partial charge on any atom is -0.446 e. The molecule has 154 valence electrons. The standard InChI is InChI=1S/C22H28N4O3/c1-13(2)23-22(28)29-17-8-6-15(11-17)20-12-21(26-25-20)24-19-5-3-4-14-10-16(27)7-9-18(14)19/h3-5,12-13,15,17H,6-11H2,1-2H3,(H,23,28)(H2,24,25,26)/t15-,17+/m0/s1. The second kappa shape index (κ2) is 8.27. The Bertz CT molecular complexity index is 905. The SMILES string of the molecule is CC(C)NC(=O)O[C@@H]1CC[C@H](c2cc(Nc3cccc4c3CCC(=O)C4)n[nH]2)C1. The molecule has 1 saturated carbocycles. The van der Waals surface area contributed by atoms with Gasteiger partial charge in [-0.1, -0.05) is 12.1 Å². The molecule has 1 aromatic heterocycles. The zero-order chi connectivity index (χ0) is 20.4. The molecule has 1 fully saturated rings. The number of H-pyrrole nitrogens is 1. The van der Waals surface area contributed by atoms with Gasteiger partial charge in [-0.2, -0.15) is 5.10 Å². The first-order chi connectivity index (χ1) is 14.0. The number of hydrogen-bond donors (Lipinski definition) is 3. The molecule has 0 aliphatic heterocycles. The van der Waals surface area contributed by atoms with Crippen molar-refractivity contribution in [2.24, 2.45) is 0 Å². The molecular weight excluding hydrogens is 368 g/mol. The molecule has 1 aromatic carbocycles. The fourth-order valence-corrected chi connectivity index (χ4v) is 4.28. The maximum atomic E-state index is 11.8. The lowest BCUT2D eigenvalue weighted by Gasteiger charge is -2.18. The topological polar surface area (TPSA) is 96.1 Å². The molecule has 0 spiro atoms. The summed E-state index contributed by atoms with van der Waals surface area (Å²) < 4.78 is 5.52. The van der Waals surface area contributed by atoms with Crippen LogP contribution in [0.4, 0.5) is 16.3 Å². The summed E-state index contributed by atoms with van der Waals surface area (Å²) in [6.07, 6.45) is 4.12. The van der Waals surface area contributed by atoms with E-state index >= 15 is 0 Å². The molecule has 2 aliphatic rings. The summed E-state index contributed by atoms with van der Waals surface area (Å²) in [5.41, 5.74) is 4.40. The van der Waals surface area contributed by atoms with Crippen LogP contribution in [0, 0.1) is 0 Å². The predicted octanol–water partition coefficient (Wildman–Crippen LogP) is 3.98. The number of nitrogens with zero attached hydrogens (tertiary/aromatic N) is 1. The maximum Gasteiger partial charge on any atom is 0.407 e. The van der Waals surface area contributed by atoms with Gasteiger partial charge in [-0.3, -0.25) is 9.89 Å². The Kier molecular flexibility index (Phi) is 5.56. The number of benzene rings is 1. The summed E-state index contributed by atoms with van der Waals surface area (Å²) in [7, 11) is 0. The maximum absolute atomic E-state index is 11.8. The van der Waals surface area contributed by atoms with Gasteiger partial charge in [0.1, 0.15) is 11.9 Å². The molecule has 0 unspecified atom stereocenters. The van der Waals surface area contributed by atoms with E-state index in [2.05, 4.69) is 20.8 Å². The molecule has 2 atom stereocenters. The average molecular weight is 396 g/mol. The summed E-state index contributed by atoms with van der Waals surface area (Å²) in [5.74, 6) is 1.38. The Morgan fingerprint density at radius 3 is 2.97 bits per heavy atom. The van der Waals surface area contributed by atoms with Crippen LogP contribution in [0.3, 0.4) is 0 Å². The molecule has 1 heterocycles. The van der Waals surface area contributed by atoms with Gasteiger partial charge >= 0.3 is 6.09 Å². The quantitative estimate of drug-likeness (QED) is 0.710. The predicted molar refractivity (Wildman–Crippen MR) is 110 cm³/mol. The summed E-state index contributed by atoms with van der Waals surface area (Å²) in [6.45, 7) is 3.83. The number of nitrogens with one attached hydrogen (secondary N) is 3. The molecule has 1 amide bonds. The molecule has 7 nitrogen and oxygen atoms in total. The Hall–Kier alpha value is -2.83. The van der Waals surface area contributed by atoms with E-state index in [1.165, 1.54) is 5.56 Å². The summed E-state index contributed by atoms with van der Waals surface area (Å²) in [4.78, 5) is 23.5. The lowest BCUT2D eigenvalue weighted by atomic mass is 9.89. The number of amides is 1. The van der Waals surface area contributed by atoms with Crippen LogP contribution in [0.15, 0.2) is 24.3 Å². The second-order valence-electron chi connectivity index (χ2n) is 8.33. The molecule has 2 aromatic rings. The number of ketones is 1. The number of ether oxygens (including phenoxy) is 1. The number of alkyl carbamates (subject to hydrolysis) is 1. The van der Waals surface area contributed by atoms with Crippen molar-refractivity contribution in [3.63, 3.8) is 0 Å². The Morgan fingerprint density at radius 2 is 2.14 bits per heavy atom. The second-order valence-corrected chi connectivity index (χ2v) is 8.33. The molecule has 4 rings (SSSR count). The highest BCUT2D eigenvalue weighted by molar-refractivity contribution is 5.84. The largest absolute Gasteiger partial charge is 0.446 e. The number of rotatable bonds is 5. The van der Waals surface area contributed by atoms with Crippen molar-refractivity contribution in [2.75, 3.05) is 5.32 Å². The highest BCUT2D eigenvalue weighted by Gasteiger charge is 2.30. The van der Waals surface area contributed by atoms with Gasteiger partial charge in [0.25, 0.3) is 0 Å². The van der Waals surface area contributed by atoms with Gasteiger partial charge in [-0.05, 0) is 56.7 Å². The van der Waals surface area contributed by atoms with E-state index in [0.717, 1.165) is 48.4 Å². The van der Waals surface area contributed by atoms with Gasteiger partial charge in [-0.15, -0.1) is 0 Å². The smallest absolute Gasteiger partial charge is 0.407 e. The van der Waals surface area contributed by atoms with Gasteiger partial charge in [-0.25, -0.2) is 4.79 Å². The number of aromatic amines is 1. The third kappa shape index (κ3) is 4.60. The molecule has 0 saturated heterocycles. The van der Waals surface area contributed by atoms with Gasteiger partial charge in [0, 0.05) is 42.2 Å². The number of Topliss-reactive ketones (excluding diaryl/α,β-unsaturated/α-hetero) is 1. The van der Waals surface area contributed by atoms with Crippen LogP contribution in [0.1, 0.15) is 62.3 Å². The minimum absolute atomic E-state index is 0.0582. The van der Waals surface area contributed by atoms with E-state index in [-0.39, 0.29) is 18.2 Å². The Labute approximate surface area is 170 Å². The van der Waals surface area contributed by atoms with E-state index in [1.807, 2.05) is 38.1 Å². The van der Waals surface area contributed by atoms with Crippen molar-refractivity contribution >= 4 is 23.4 Å². The third-order valence-electron chi connectivity index (χ3n) is 5.68. The number of anilines is 2. The molecule has 3 N–H and O–H groups in total. The van der Waals surface area contributed by atoms with Crippen LogP contribution in [0.5, 0.6) is 0 Å². The normalized spacial score (nSPS) is 21.1. The first-order valence-electron chi connectivity index (χ1n) is 10.4. The molecule has 2 aliphatic carbocycles. The van der Waals surface area contributed by atoms with E-state index in [1.54, 1.807) is 0 Å². The number of carbonyl (C=O) groups is 2. The van der Waals surface area contributed by atoms with Crippen LogP contribution in [-0.4, -0.2) is 34.2 Å². The number of hydrogen-bond acceptors (Lipinski definition) is 5. The Morgan fingerprint density at radius 1 is 1.28 bits per heavy atom. The molecular formula is C22H28N4O3. The number of fused-ring (bicyclic) bond motifs is 1. The average Bonchev–Trinajstić information content (AvgIpc) is 3.30. The molecule has 29 heavy (non-hydrogen) atoms. The van der Waals surface area contributed by atoms with Crippen molar-refractivity contribution in [2.45, 2.75) is 70.4 Å². The van der Waals surface area contributed by atoms with Gasteiger partial charge in [0.15, 0.2) is 5.82 Å². The number of carbonyl (C=O) groups excluding carboxylic acids is 2. The van der Waals surface area contributed by atoms with Crippen molar-refractivity contribution in [1.29, 1.82) is 0 Å². The minimum atomic E-state index is -0.343. The lowest BCUT2D eigenvalue weighted by Crippen LogP contribution is -2.33. The number of aromatic nitrogens is 2. The first kappa shape index (κ1) is 19.5. The van der Waals surface area contributed by atoms with Gasteiger partial charge in [0.2, 0.25) is 0 Å². The van der Waals surface area contributed by atoms with Gasteiger partial charge in [0.05, 0.1) is 0 Å². The third-order valence-corrected chi connectivity index (χ3v) is 5.68. The van der Waals surface area contributed by atoms with Gasteiger partial charge < -0.3 is 15.4 Å². The van der Waals surface area contributed by atoms with E-state index in [9.17, 15) is 9.59 Å². The zero-order valence-corrected chi connectivity index (χ0v) is 17.0. The first-order valence-corrected chi connectivity index (χ1v) is 10.4. The lowest BCUT2D eigenvalue weighted by molar-refractivity contribution is -0.118. The van der Waals surface area contributed by atoms with Crippen molar-refractivity contribution in [3.05, 3.63) is 41.1 Å². The van der Waals surface area contributed by atoms with Crippen molar-refractivity contribution in [1.82, 2.24) is 15.5 Å². The van der Waals surface area contributed by atoms with E-state index in [4.69, 9.17) is 4.74 Å². The summed E-state index contributed by atoms with van der Waals surface area (Å²) in [6, 6.07) is 8.16. The summed E-state index contributed by atoms with van der Waals surface area (Å²) in [5, 5.41) is 13.7. The van der Waals surface area contributed by atoms with Crippen LogP contribution < -0.4 is 10.6 Å². The van der Waals surface area contributed by atoms with Crippen LogP contribution in [-0.2, 0) is 22.4 Å². The fourth-order valence-electron chi connectivity index (χ4n) is 4.28. The Balaban J connectivity index is 1.38. The monoisotopic (exact) mass is 396 g/mol. The summed E-state index contributed by atoms with van der Waals surface area (Å²) >= 11 is 0. The zero-order valence-electron chi connectivity index (χ0n) is 17.0. The van der Waals surface area contributed by atoms with E-state index < -0.39 is 0 Å². The van der Waals surface area contributed by atoms with Crippen LogP contribution in [0.2, 0.25) is 0 Å². The molecule has 0 radical (unpaired) electrons.